The van der Waals surface area contributed by atoms with Crippen molar-refractivity contribution in [3.8, 4) is 11.1 Å². The van der Waals surface area contributed by atoms with Crippen molar-refractivity contribution in [2.45, 2.75) is 45.1 Å². The lowest BCUT2D eigenvalue weighted by atomic mass is 10.00. The Bertz CT molecular complexity index is 1480. The van der Waals surface area contributed by atoms with Gasteiger partial charge in [-0.05, 0) is 62.2 Å². The number of Topliss-reactive ketones (excluding diaryl/α,β-unsaturated/α-hetero) is 1. The number of hydrogen-bond donors (Lipinski definition) is 2. The molecule has 3 aromatic rings. The minimum Gasteiger partial charge on any atom is -0.444 e. The van der Waals surface area contributed by atoms with Gasteiger partial charge in [0.05, 0.1) is 28.4 Å². The van der Waals surface area contributed by atoms with Gasteiger partial charge in [-0.25, -0.2) is 4.79 Å². The average molecular weight is 602 g/mol. The van der Waals surface area contributed by atoms with Gasteiger partial charge in [0.2, 0.25) is 5.91 Å². The predicted octanol–water partition coefficient (Wildman–Crippen LogP) is 8.00. The molecule has 0 aliphatic carbocycles. The second kappa shape index (κ2) is 11.8. The molecule has 0 bridgehead atoms. The van der Waals surface area contributed by atoms with Crippen LogP contribution in [0.25, 0.3) is 11.1 Å². The molecule has 2 amide bonds. The van der Waals surface area contributed by atoms with Gasteiger partial charge in [-0.2, -0.15) is 26.3 Å². The number of hydrogen-bond acceptors (Lipinski definition) is 5. The molecule has 0 aliphatic heterocycles. The van der Waals surface area contributed by atoms with Gasteiger partial charge in [0.25, 0.3) is 0 Å². The maximum absolute atomic E-state index is 13.5. The van der Waals surface area contributed by atoms with Gasteiger partial charge in [-0.3, -0.25) is 19.9 Å². The van der Waals surface area contributed by atoms with Crippen LogP contribution in [-0.2, 0) is 21.9 Å². The molecule has 2 aromatic carbocycles. The number of rotatable bonds is 6. The molecule has 0 saturated carbocycles. The van der Waals surface area contributed by atoms with E-state index in [2.05, 4.69) is 15.6 Å². The zero-order valence-corrected chi connectivity index (χ0v) is 22.4. The van der Waals surface area contributed by atoms with Crippen LogP contribution >= 0.6 is 11.6 Å². The summed E-state index contributed by atoms with van der Waals surface area (Å²) in [5, 5.41) is 3.62. The standard InChI is InChI=1S/C27H22ClF6N3O4/c1-25(2,3)41-24(40)37-20-12-18(28)17(26(29,30)31)11-19(20)36-23(39)13-21(38)16-6-4-5-14(9-16)15-7-8-35-22(10-15)27(32,33)34/h4-12H,13H2,1-3H3,(H,36,39)(H,37,40). The number of alkyl halides is 6. The van der Waals surface area contributed by atoms with E-state index in [1.54, 1.807) is 20.8 Å². The summed E-state index contributed by atoms with van der Waals surface area (Å²) >= 11 is 5.76. The maximum atomic E-state index is 13.5. The third-order valence-corrected chi connectivity index (χ3v) is 5.52. The summed E-state index contributed by atoms with van der Waals surface area (Å²) in [6, 6.07) is 8.82. The molecule has 0 aliphatic rings. The maximum Gasteiger partial charge on any atom is 0.433 e. The van der Waals surface area contributed by atoms with Gasteiger partial charge in [0.1, 0.15) is 11.3 Å². The Labute approximate surface area is 234 Å². The lowest BCUT2D eigenvalue weighted by molar-refractivity contribution is -0.141. The van der Waals surface area contributed by atoms with Crippen LogP contribution in [0.4, 0.5) is 42.5 Å². The number of halogens is 7. The number of aromatic nitrogens is 1. The second-order valence-electron chi connectivity index (χ2n) is 9.66. The van der Waals surface area contributed by atoms with Crippen molar-refractivity contribution >= 4 is 40.8 Å². The van der Waals surface area contributed by atoms with Crippen molar-refractivity contribution in [3.63, 3.8) is 0 Å². The molecule has 0 spiro atoms. The first-order chi connectivity index (χ1) is 18.8. The van der Waals surface area contributed by atoms with Crippen LogP contribution in [0.1, 0.15) is 48.8 Å². The van der Waals surface area contributed by atoms with Crippen LogP contribution in [0.2, 0.25) is 5.02 Å². The Kier molecular flexibility index (Phi) is 9.01. The Morgan fingerprint density at radius 1 is 0.854 bits per heavy atom. The summed E-state index contributed by atoms with van der Waals surface area (Å²) in [6.45, 7) is 4.67. The van der Waals surface area contributed by atoms with Crippen molar-refractivity contribution in [2.24, 2.45) is 0 Å². The molecular weight excluding hydrogens is 580 g/mol. The molecule has 0 fully saturated rings. The highest BCUT2D eigenvalue weighted by Gasteiger charge is 2.35. The molecule has 7 nitrogen and oxygen atoms in total. The zero-order chi connectivity index (χ0) is 30.8. The third-order valence-electron chi connectivity index (χ3n) is 5.21. The molecule has 0 atom stereocenters. The minimum absolute atomic E-state index is 0.0396. The van der Waals surface area contributed by atoms with Crippen LogP contribution in [0.3, 0.4) is 0 Å². The Morgan fingerprint density at radius 2 is 1.49 bits per heavy atom. The van der Waals surface area contributed by atoms with Crippen LogP contribution in [0.5, 0.6) is 0 Å². The molecule has 218 valence electrons. The number of pyridine rings is 1. The van der Waals surface area contributed by atoms with Gasteiger partial charge < -0.3 is 10.1 Å². The molecule has 41 heavy (non-hydrogen) atoms. The van der Waals surface area contributed by atoms with Crippen molar-refractivity contribution in [1.29, 1.82) is 0 Å². The summed E-state index contributed by atoms with van der Waals surface area (Å²) in [4.78, 5) is 41.0. The van der Waals surface area contributed by atoms with Gasteiger partial charge in [0.15, 0.2) is 5.78 Å². The lowest BCUT2D eigenvalue weighted by Gasteiger charge is -2.21. The summed E-state index contributed by atoms with van der Waals surface area (Å²) in [7, 11) is 0. The van der Waals surface area contributed by atoms with Gasteiger partial charge in [0, 0.05) is 11.8 Å². The first kappa shape index (κ1) is 31.4. The molecule has 0 radical (unpaired) electrons. The number of nitrogens with zero attached hydrogens (tertiary/aromatic N) is 1. The van der Waals surface area contributed by atoms with E-state index in [1.807, 2.05) is 0 Å². The average Bonchev–Trinajstić information content (AvgIpc) is 2.83. The largest absolute Gasteiger partial charge is 0.444 e. The third kappa shape index (κ3) is 8.68. The fraction of sp³-hybridized carbons (Fsp3) is 0.259. The first-order valence-electron chi connectivity index (χ1n) is 11.7. The van der Waals surface area contributed by atoms with E-state index >= 15 is 0 Å². The van der Waals surface area contributed by atoms with Crippen LogP contribution in [-0.4, -0.2) is 28.4 Å². The summed E-state index contributed by atoms with van der Waals surface area (Å²) in [6.07, 6.45) is -10.5. The van der Waals surface area contributed by atoms with Gasteiger partial charge in [-0.15, -0.1) is 0 Å². The number of carbonyl (C=O) groups excluding carboxylic acids is 3. The van der Waals surface area contributed by atoms with E-state index in [9.17, 15) is 40.7 Å². The number of amides is 2. The summed E-state index contributed by atoms with van der Waals surface area (Å²) < 4.78 is 84.6. The van der Waals surface area contributed by atoms with Crippen LogP contribution < -0.4 is 10.6 Å². The van der Waals surface area contributed by atoms with E-state index in [-0.39, 0.29) is 22.4 Å². The molecule has 14 heteroatoms. The van der Waals surface area contributed by atoms with E-state index < -0.39 is 64.1 Å². The highest BCUT2D eigenvalue weighted by molar-refractivity contribution is 6.32. The molecule has 2 N–H and O–H groups in total. The minimum atomic E-state index is -4.91. The number of carbonyl (C=O) groups is 3. The van der Waals surface area contributed by atoms with Crippen molar-refractivity contribution in [3.05, 3.63) is 76.6 Å². The number of anilines is 2. The van der Waals surface area contributed by atoms with Gasteiger partial charge in [-0.1, -0.05) is 29.8 Å². The summed E-state index contributed by atoms with van der Waals surface area (Å²) in [5.74, 6) is -1.81. The van der Waals surface area contributed by atoms with Gasteiger partial charge >= 0.3 is 18.4 Å². The fourth-order valence-electron chi connectivity index (χ4n) is 3.49. The smallest absolute Gasteiger partial charge is 0.433 e. The molecule has 0 saturated heterocycles. The number of ketones is 1. The van der Waals surface area contributed by atoms with Crippen LogP contribution in [0, 0.1) is 0 Å². The monoisotopic (exact) mass is 601 g/mol. The Morgan fingerprint density at radius 3 is 2.10 bits per heavy atom. The SMILES string of the molecule is CC(C)(C)OC(=O)Nc1cc(Cl)c(C(F)(F)F)cc1NC(=O)CC(=O)c1cccc(-c2ccnc(C(F)(F)F)c2)c1. The highest BCUT2D eigenvalue weighted by atomic mass is 35.5. The van der Waals surface area contributed by atoms with E-state index in [4.69, 9.17) is 16.3 Å². The van der Waals surface area contributed by atoms with Crippen molar-refractivity contribution in [1.82, 2.24) is 4.98 Å². The first-order valence-corrected chi connectivity index (χ1v) is 12.1. The summed E-state index contributed by atoms with van der Waals surface area (Å²) in [5.41, 5.74) is -3.90. The molecule has 1 heterocycles. The second-order valence-corrected chi connectivity index (χ2v) is 10.1. The van der Waals surface area contributed by atoms with E-state index in [0.717, 1.165) is 18.3 Å². The topological polar surface area (TPSA) is 97.4 Å². The van der Waals surface area contributed by atoms with E-state index in [0.29, 0.717) is 6.07 Å². The number of benzene rings is 2. The Balaban J connectivity index is 1.84. The molecular formula is C27H22ClF6N3O4. The van der Waals surface area contributed by atoms with E-state index in [1.165, 1.54) is 30.3 Å². The molecule has 3 rings (SSSR count). The Hall–Kier alpha value is -4.13. The molecule has 0 unspecified atom stereocenters. The number of ether oxygens (including phenoxy) is 1. The zero-order valence-electron chi connectivity index (χ0n) is 21.6. The normalized spacial score (nSPS) is 12.0. The van der Waals surface area contributed by atoms with Crippen molar-refractivity contribution < 1.29 is 45.5 Å². The predicted molar refractivity (Wildman–Crippen MR) is 139 cm³/mol. The number of nitrogens with one attached hydrogen (secondary N) is 2. The quantitative estimate of drug-likeness (QED) is 0.169. The highest BCUT2D eigenvalue weighted by Crippen LogP contribution is 2.40. The fourth-order valence-corrected chi connectivity index (χ4v) is 3.76. The van der Waals surface area contributed by atoms with Crippen LogP contribution in [0.15, 0.2) is 54.7 Å². The van der Waals surface area contributed by atoms with Crippen molar-refractivity contribution in [2.75, 3.05) is 10.6 Å². The molecule has 1 aromatic heterocycles. The lowest BCUT2D eigenvalue weighted by Crippen LogP contribution is -2.28.